The largest absolute Gasteiger partial charge is 0.496 e. The van der Waals surface area contributed by atoms with E-state index in [9.17, 15) is 9.90 Å². The highest BCUT2D eigenvalue weighted by molar-refractivity contribution is 5.70. The van der Waals surface area contributed by atoms with Crippen molar-refractivity contribution in [3.05, 3.63) is 53.3 Å². The van der Waals surface area contributed by atoms with Crippen LogP contribution >= 0.6 is 0 Å². The van der Waals surface area contributed by atoms with E-state index in [-0.39, 0.29) is 12.0 Å². The van der Waals surface area contributed by atoms with Crippen molar-refractivity contribution in [1.29, 1.82) is 0 Å². The van der Waals surface area contributed by atoms with E-state index in [0.29, 0.717) is 25.9 Å². The van der Waals surface area contributed by atoms with Gasteiger partial charge in [0.05, 0.1) is 37.4 Å². The molecule has 0 amide bonds. The fourth-order valence-corrected chi connectivity index (χ4v) is 3.83. The Morgan fingerprint density at radius 2 is 1.78 bits per heavy atom. The van der Waals surface area contributed by atoms with E-state index in [1.54, 1.807) is 20.4 Å². The number of likely N-dealkylation sites (tertiary alicyclic amines) is 1. The Bertz CT molecular complexity index is 778. The lowest BCUT2D eigenvalue weighted by Gasteiger charge is -2.37. The number of carboxylic acid groups (broad SMARTS) is 1. The average molecular weight is 370 g/mol. The lowest BCUT2D eigenvalue weighted by atomic mass is 9.91. The van der Waals surface area contributed by atoms with Gasteiger partial charge < -0.3 is 14.6 Å². The summed E-state index contributed by atoms with van der Waals surface area (Å²) in [5, 5.41) is 9.33. The molecular weight excluding hydrogens is 344 g/mol. The van der Waals surface area contributed by atoms with Crippen molar-refractivity contribution >= 4 is 5.97 Å². The third kappa shape index (κ3) is 3.90. The zero-order chi connectivity index (χ0) is 19.4. The molecule has 2 heterocycles. The monoisotopic (exact) mass is 370 g/mol. The molecule has 1 atom stereocenters. The molecule has 1 aliphatic heterocycles. The van der Waals surface area contributed by atoms with Gasteiger partial charge in [0.2, 0.25) is 0 Å². The van der Waals surface area contributed by atoms with Gasteiger partial charge in [0.25, 0.3) is 0 Å². The minimum atomic E-state index is -0.713. The summed E-state index contributed by atoms with van der Waals surface area (Å²) >= 11 is 0. The average Bonchev–Trinajstić information content (AvgIpc) is 2.70. The van der Waals surface area contributed by atoms with E-state index in [1.165, 1.54) is 0 Å². The molecule has 6 heteroatoms. The van der Waals surface area contributed by atoms with Gasteiger partial charge in [-0.2, -0.15) is 0 Å². The van der Waals surface area contributed by atoms with Crippen molar-refractivity contribution in [1.82, 2.24) is 9.88 Å². The van der Waals surface area contributed by atoms with E-state index in [1.807, 2.05) is 37.3 Å². The summed E-state index contributed by atoms with van der Waals surface area (Å²) < 4.78 is 11.3. The molecular formula is C21H26N2O4. The smallest absolute Gasteiger partial charge is 0.306 e. The number of rotatable bonds is 6. The van der Waals surface area contributed by atoms with E-state index in [0.717, 1.165) is 28.3 Å². The number of methoxy groups -OCH3 is 2. The highest BCUT2D eigenvalue weighted by atomic mass is 16.5. The molecule has 0 radical (unpaired) electrons. The predicted octanol–water partition coefficient (Wildman–Crippen LogP) is 3.29. The molecule has 0 bridgehead atoms. The number of carboxylic acids is 1. The van der Waals surface area contributed by atoms with Crippen molar-refractivity contribution in [3.63, 3.8) is 0 Å². The number of piperidine rings is 1. The highest BCUT2D eigenvalue weighted by Gasteiger charge is 2.34. The standard InChI is InChI=1S/C21H26N2O4/c1-14-6-5-11-22-19(14)20(23-12-9-15(10-13-23)21(24)25)18-16(26-2)7-4-8-17(18)27-3/h4-8,11,15,20H,9-10,12-13H2,1-3H3,(H,24,25). The Morgan fingerprint density at radius 3 is 2.30 bits per heavy atom. The molecule has 27 heavy (non-hydrogen) atoms. The summed E-state index contributed by atoms with van der Waals surface area (Å²) in [5.74, 6) is 0.482. The Kier molecular flexibility index (Phi) is 5.96. The van der Waals surface area contributed by atoms with Crippen molar-refractivity contribution < 1.29 is 19.4 Å². The normalized spacial score (nSPS) is 16.7. The van der Waals surface area contributed by atoms with E-state index in [4.69, 9.17) is 9.47 Å². The number of benzene rings is 1. The summed E-state index contributed by atoms with van der Waals surface area (Å²) in [6.45, 7) is 3.40. The predicted molar refractivity (Wildman–Crippen MR) is 102 cm³/mol. The number of carbonyl (C=O) groups is 1. The zero-order valence-electron chi connectivity index (χ0n) is 16.0. The van der Waals surface area contributed by atoms with Crippen LogP contribution in [0.25, 0.3) is 0 Å². The number of hydrogen-bond donors (Lipinski definition) is 1. The number of ether oxygens (including phenoxy) is 2. The Hall–Kier alpha value is -2.60. The van der Waals surface area contributed by atoms with Gasteiger partial charge in [-0.1, -0.05) is 12.1 Å². The van der Waals surface area contributed by atoms with Gasteiger partial charge in [0, 0.05) is 6.20 Å². The zero-order valence-corrected chi connectivity index (χ0v) is 16.0. The second-order valence-corrected chi connectivity index (χ2v) is 6.83. The first-order valence-corrected chi connectivity index (χ1v) is 9.16. The molecule has 1 saturated heterocycles. The van der Waals surface area contributed by atoms with Gasteiger partial charge in [0.15, 0.2) is 0 Å². The maximum absolute atomic E-state index is 11.4. The van der Waals surface area contributed by atoms with Gasteiger partial charge in [-0.15, -0.1) is 0 Å². The van der Waals surface area contributed by atoms with Gasteiger partial charge in [-0.3, -0.25) is 14.7 Å². The topological polar surface area (TPSA) is 71.9 Å². The SMILES string of the molecule is COc1cccc(OC)c1C(c1ncccc1C)N1CCC(C(=O)O)CC1. The molecule has 1 aromatic carbocycles. The molecule has 1 N–H and O–H groups in total. The molecule has 0 saturated carbocycles. The quantitative estimate of drug-likeness (QED) is 0.841. The maximum Gasteiger partial charge on any atom is 0.306 e. The van der Waals surface area contributed by atoms with E-state index in [2.05, 4.69) is 9.88 Å². The number of aliphatic carboxylic acids is 1. The second kappa shape index (κ2) is 8.39. The molecule has 1 unspecified atom stereocenters. The molecule has 2 aromatic rings. The first-order valence-electron chi connectivity index (χ1n) is 9.16. The minimum Gasteiger partial charge on any atom is -0.496 e. The molecule has 0 aliphatic carbocycles. The third-order valence-corrected chi connectivity index (χ3v) is 5.29. The first-order chi connectivity index (χ1) is 13.1. The third-order valence-electron chi connectivity index (χ3n) is 5.29. The van der Waals surface area contributed by atoms with Crippen LogP contribution in [0.1, 0.15) is 35.7 Å². The minimum absolute atomic E-state index is 0.160. The molecule has 3 rings (SSSR count). The highest BCUT2D eigenvalue weighted by Crippen LogP contribution is 2.42. The van der Waals surface area contributed by atoms with Crippen molar-refractivity contribution in [2.24, 2.45) is 5.92 Å². The van der Waals surface area contributed by atoms with Crippen LogP contribution in [0.15, 0.2) is 36.5 Å². The van der Waals surface area contributed by atoms with Crippen molar-refractivity contribution in [2.45, 2.75) is 25.8 Å². The number of aromatic nitrogens is 1. The number of hydrogen-bond acceptors (Lipinski definition) is 5. The maximum atomic E-state index is 11.4. The van der Waals surface area contributed by atoms with Crippen LogP contribution in [0.4, 0.5) is 0 Å². The van der Waals surface area contributed by atoms with E-state index < -0.39 is 5.97 Å². The summed E-state index contributed by atoms with van der Waals surface area (Å²) in [7, 11) is 3.30. The van der Waals surface area contributed by atoms with Crippen molar-refractivity contribution in [2.75, 3.05) is 27.3 Å². The van der Waals surface area contributed by atoms with Gasteiger partial charge in [0.1, 0.15) is 11.5 Å². The first kappa shape index (κ1) is 19.2. The lowest BCUT2D eigenvalue weighted by molar-refractivity contribution is -0.143. The Balaban J connectivity index is 2.08. The molecule has 1 fully saturated rings. The van der Waals surface area contributed by atoms with Crippen LogP contribution in [0, 0.1) is 12.8 Å². The van der Waals surface area contributed by atoms with Crippen LogP contribution in [0.2, 0.25) is 0 Å². The summed E-state index contributed by atoms with van der Waals surface area (Å²) in [5.41, 5.74) is 2.95. The number of pyridine rings is 1. The van der Waals surface area contributed by atoms with Crippen LogP contribution in [0.5, 0.6) is 11.5 Å². The second-order valence-electron chi connectivity index (χ2n) is 6.83. The lowest BCUT2D eigenvalue weighted by Crippen LogP contribution is -2.40. The van der Waals surface area contributed by atoms with Gasteiger partial charge in [-0.25, -0.2) is 0 Å². The van der Waals surface area contributed by atoms with Crippen LogP contribution < -0.4 is 9.47 Å². The van der Waals surface area contributed by atoms with Crippen LogP contribution in [-0.2, 0) is 4.79 Å². The Labute approximate surface area is 159 Å². The molecule has 1 aliphatic rings. The fourth-order valence-electron chi connectivity index (χ4n) is 3.83. The number of aryl methyl sites for hydroxylation is 1. The molecule has 144 valence electrons. The Morgan fingerprint density at radius 1 is 1.15 bits per heavy atom. The van der Waals surface area contributed by atoms with Gasteiger partial charge in [-0.05, 0) is 56.6 Å². The van der Waals surface area contributed by atoms with Crippen LogP contribution in [0.3, 0.4) is 0 Å². The summed E-state index contributed by atoms with van der Waals surface area (Å²) in [6, 6.07) is 9.56. The molecule has 6 nitrogen and oxygen atoms in total. The summed E-state index contributed by atoms with van der Waals surface area (Å²) in [4.78, 5) is 18.3. The van der Waals surface area contributed by atoms with E-state index >= 15 is 0 Å². The number of nitrogens with zero attached hydrogens (tertiary/aromatic N) is 2. The molecule has 0 spiro atoms. The summed E-state index contributed by atoms with van der Waals surface area (Å²) in [6.07, 6.45) is 3.03. The van der Waals surface area contributed by atoms with Gasteiger partial charge >= 0.3 is 5.97 Å². The molecule has 1 aromatic heterocycles. The van der Waals surface area contributed by atoms with Crippen LogP contribution in [-0.4, -0.2) is 48.3 Å². The fraction of sp³-hybridized carbons (Fsp3) is 0.429. The van der Waals surface area contributed by atoms with Crippen molar-refractivity contribution in [3.8, 4) is 11.5 Å².